The fraction of sp³-hybridized carbons (Fsp3) is 0.680. The van der Waals surface area contributed by atoms with Gasteiger partial charge in [-0.15, -0.1) is 0 Å². The van der Waals surface area contributed by atoms with Gasteiger partial charge in [-0.2, -0.15) is 0 Å². The third kappa shape index (κ3) is 4.45. The van der Waals surface area contributed by atoms with Gasteiger partial charge >= 0.3 is 0 Å². The van der Waals surface area contributed by atoms with Gasteiger partial charge in [-0.3, -0.25) is 0 Å². The average molecular weight is 432 g/mol. The van der Waals surface area contributed by atoms with Crippen molar-refractivity contribution < 1.29 is 4.43 Å². The van der Waals surface area contributed by atoms with Crippen LogP contribution in [0.5, 0.6) is 0 Å². The summed E-state index contributed by atoms with van der Waals surface area (Å²) in [6.07, 6.45) is 3.50. The zero-order chi connectivity index (χ0) is 22.2. The smallest absolute Gasteiger partial charge is 0.191 e. The molecule has 2 nitrogen and oxygen atoms in total. The molecule has 4 heteroatoms. The van der Waals surface area contributed by atoms with Gasteiger partial charge in [0.25, 0.3) is 0 Å². The Labute approximate surface area is 182 Å². The molecule has 0 unspecified atom stereocenters. The fourth-order valence-electron chi connectivity index (χ4n) is 5.24. The standard InChI is InChI=1S/C25H45NOSi2/c1-19(2)29(20(3)4,21(5)6)26-18-22(23-14-12-13-15-24(23)26)16-17-27-28(10,11)25(7,8)9/h12-15,18-21H,16-17H2,1-11H3. The van der Waals surface area contributed by atoms with Gasteiger partial charge in [0.2, 0.25) is 0 Å². The summed E-state index contributed by atoms with van der Waals surface area (Å²) < 4.78 is 9.28. The molecule has 0 radical (unpaired) electrons. The minimum absolute atomic E-state index is 0.260. The van der Waals surface area contributed by atoms with E-state index < -0.39 is 16.6 Å². The topological polar surface area (TPSA) is 14.2 Å². The molecule has 1 aromatic heterocycles. The van der Waals surface area contributed by atoms with E-state index in [-0.39, 0.29) is 5.04 Å². The lowest BCUT2D eigenvalue weighted by Crippen LogP contribution is -2.51. The van der Waals surface area contributed by atoms with Gasteiger partial charge in [0.1, 0.15) is 0 Å². The maximum absolute atomic E-state index is 6.52. The van der Waals surface area contributed by atoms with E-state index >= 15 is 0 Å². The van der Waals surface area contributed by atoms with Crippen LogP contribution in [-0.2, 0) is 10.8 Å². The first-order chi connectivity index (χ1) is 13.3. The van der Waals surface area contributed by atoms with Gasteiger partial charge in [0.05, 0.1) is 0 Å². The highest BCUT2D eigenvalue weighted by Gasteiger charge is 2.46. The number of hydrogen-bond acceptors (Lipinski definition) is 1. The highest BCUT2D eigenvalue weighted by atomic mass is 28.4. The van der Waals surface area contributed by atoms with Crippen molar-refractivity contribution in [2.24, 2.45) is 0 Å². The van der Waals surface area contributed by atoms with Crippen molar-refractivity contribution in [3.8, 4) is 0 Å². The van der Waals surface area contributed by atoms with Crippen molar-refractivity contribution in [3.05, 3.63) is 36.0 Å². The van der Waals surface area contributed by atoms with E-state index in [1.165, 1.54) is 16.5 Å². The lowest BCUT2D eigenvalue weighted by Gasteiger charge is -2.44. The Morgan fingerprint density at radius 1 is 0.897 bits per heavy atom. The van der Waals surface area contributed by atoms with E-state index in [1.54, 1.807) is 0 Å². The molecular formula is C25H45NOSi2. The van der Waals surface area contributed by atoms with Crippen molar-refractivity contribution >= 4 is 27.5 Å². The summed E-state index contributed by atoms with van der Waals surface area (Å²) in [6.45, 7) is 27.2. The molecule has 0 N–H and O–H groups in total. The number of nitrogens with zero attached hydrogens (tertiary/aromatic N) is 1. The minimum atomic E-state index is -1.77. The Kier molecular flexibility index (Phi) is 7.34. The Morgan fingerprint density at radius 2 is 1.41 bits per heavy atom. The van der Waals surface area contributed by atoms with Crippen molar-refractivity contribution in [2.45, 2.75) is 103 Å². The normalized spacial score (nSPS) is 14.0. The van der Waals surface area contributed by atoms with Crippen LogP contribution in [0.15, 0.2) is 30.5 Å². The number of benzene rings is 1. The molecule has 0 aliphatic heterocycles. The van der Waals surface area contributed by atoms with Gasteiger partial charge in [-0.05, 0) is 59.0 Å². The third-order valence-corrected chi connectivity index (χ3v) is 18.9. The molecule has 2 rings (SSSR count). The second-order valence-corrected chi connectivity index (χ2v) is 21.8. The molecule has 0 spiro atoms. The first-order valence-corrected chi connectivity index (χ1v) is 16.6. The van der Waals surface area contributed by atoms with Gasteiger partial charge in [0.15, 0.2) is 16.6 Å². The van der Waals surface area contributed by atoms with Crippen LogP contribution in [0.4, 0.5) is 0 Å². The molecule has 0 amide bonds. The van der Waals surface area contributed by atoms with Gasteiger partial charge in [-0.25, -0.2) is 0 Å². The van der Waals surface area contributed by atoms with Gasteiger partial charge < -0.3 is 8.66 Å². The lowest BCUT2D eigenvalue weighted by atomic mass is 10.1. The maximum Gasteiger partial charge on any atom is 0.191 e. The largest absolute Gasteiger partial charge is 0.416 e. The van der Waals surface area contributed by atoms with Crippen LogP contribution in [0.25, 0.3) is 10.9 Å². The molecule has 0 aliphatic rings. The molecule has 0 aliphatic carbocycles. The van der Waals surface area contributed by atoms with Gasteiger partial charge in [-0.1, -0.05) is 80.5 Å². The van der Waals surface area contributed by atoms with E-state index in [0.717, 1.165) is 13.0 Å². The first-order valence-electron chi connectivity index (χ1n) is 11.5. The second kappa shape index (κ2) is 8.72. The number of hydrogen-bond donors (Lipinski definition) is 0. The van der Waals surface area contributed by atoms with Crippen LogP contribution >= 0.6 is 0 Å². The first kappa shape index (κ1) is 24.4. The molecule has 2 aromatic rings. The van der Waals surface area contributed by atoms with Crippen LogP contribution in [-0.4, -0.2) is 27.4 Å². The summed E-state index contributed by atoms with van der Waals surface area (Å²) in [6, 6.07) is 9.04. The predicted molar refractivity (Wildman–Crippen MR) is 135 cm³/mol. The summed E-state index contributed by atoms with van der Waals surface area (Å²) in [5, 5.41) is 1.68. The molecule has 29 heavy (non-hydrogen) atoms. The SMILES string of the molecule is CC(C)[Si](C(C)C)(C(C)C)n1cc(CCO[Si](C)(C)C(C)(C)C)c2ccccc21. The minimum Gasteiger partial charge on any atom is -0.416 e. The molecule has 1 aromatic carbocycles. The van der Waals surface area contributed by atoms with Gasteiger partial charge in [0, 0.05) is 17.5 Å². The lowest BCUT2D eigenvalue weighted by molar-refractivity contribution is 0.292. The second-order valence-electron chi connectivity index (χ2n) is 11.3. The van der Waals surface area contributed by atoms with Crippen molar-refractivity contribution in [1.82, 2.24) is 4.23 Å². The van der Waals surface area contributed by atoms with E-state index in [0.29, 0.717) is 16.6 Å². The fourth-order valence-corrected chi connectivity index (χ4v) is 12.9. The van der Waals surface area contributed by atoms with Crippen LogP contribution in [0, 0.1) is 0 Å². The molecular weight excluding hydrogens is 386 g/mol. The highest BCUT2D eigenvalue weighted by molar-refractivity contribution is 6.82. The Hall–Kier alpha value is -0.846. The van der Waals surface area contributed by atoms with Crippen LogP contribution < -0.4 is 0 Å². The number of para-hydroxylation sites is 1. The molecule has 164 valence electrons. The van der Waals surface area contributed by atoms with E-state index in [9.17, 15) is 0 Å². The molecule has 0 saturated heterocycles. The summed E-state index contributed by atoms with van der Waals surface area (Å²) in [5.74, 6) is 0. The zero-order valence-corrected chi connectivity index (χ0v) is 22.9. The molecule has 0 fully saturated rings. The summed E-state index contributed by atoms with van der Waals surface area (Å²) >= 11 is 0. The zero-order valence-electron chi connectivity index (χ0n) is 20.9. The van der Waals surface area contributed by atoms with Crippen LogP contribution in [0.1, 0.15) is 67.9 Å². The summed E-state index contributed by atoms with van der Waals surface area (Å²) in [5.41, 5.74) is 4.95. The Bertz CT molecular complexity index is 790. The van der Waals surface area contributed by atoms with E-state index in [2.05, 4.69) is 110 Å². The molecule has 0 atom stereocenters. The van der Waals surface area contributed by atoms with Crippen molar-refractivity contribution in [2.75, 3.05) is 6.61 Å². The third-order valence-electron chi connectivity index (χ3n) is 7.63. The van der Waals surface area contributed by atoms with Crippen LogP contribution in [0.2, 0.25) is 34.8 Å². The molecule has 1 heterocycles. The molecule has 0 saturated carbocycles. The summed E-state index contributed by atoms with van der Waals surface area (Å²) in [7, 11) is -3.48. The highest BCUT2D eigenvalue weighted by Crippen LogP contribution is 2.45. The monoisotopic (exact) mass is 431 g/mol. The number of rotatable bonds is 8. The van der Waals surface area contributed by atoms with Crippen LogP contribution in [0.3, 0.4) is 0 Å². The average Bonchev–Trinajstić information content (AvgIpc) is 2.92. The summed E-state index contributed by atoms with van der Waals surface area (Å²) in [4.78, 5) is 0. The van der Waals surface area contributed by atoms with Crippen molar-refractivity contribution in [3.63, 3.8) is 0 Å². The van der Waals surface area contributed by atoms with Crippen molar-refractivity contribution in [1.29, 1.82) is 0 Å². The Morgan fingerprint density at radius 3 is 1.90 bits per heavy atom. The maximum atomic E-state index is 6.52. The van der Waals surface area contributed by atoms with E-state index in [1.807, 2.05) is 0 Å². The molecule has 0 bridgehead atoms. The quantitative estimate of drug-likeness (QED) is 0.384. The predicted octanol–water partition coefficient (Wildman–Crippen LogP) is 8.23. The number of fused-ring (bicyclic) bond motifs is 1. The Balaban J connectivity index is 2.48. The van der Waals surface area contributed by atoms with E-state index in [4.69, 9.17) is 4.43 Å². The number of aromatic nitrogens is 1.